The number of benzene rings is 1. The van der Waals surface area contributed by atoms with Crippen LogP contribution in [0.4, 0.5) is 5.82 Å². The van der Waals surface area contributed by atoms with E-state index in [1.54, 1.807) is 31.6 Å². The van der Waals surface area contributed by atoms with E-state index >= 15 is 0 Å². The number of nitrogens with zero attached hydrogens (tertiary/aromatic N) is 4. The van der Waals surface area contributed by atoms with Gasteiger partial charge in [-0.2, -0.15) is 0 Å². The number of halogens is 1. The summed E-state index contributed by atoms with van der Waals surface area (Å²) in [6.45, 7) is 3.23. The molecule has 11 heteroatoms. The van der Waals surface area contributed by atoms with E-state index < -0.39 is 11.9 Å². The number of rotatable bonds is 7. The Kier molecular flexibility index (Phi) is 7.82. The van der Waals surface area contributed by atoms with Gasteiger partial charge >= 0.3 is 5.97 Å². The summed E-state index contributed by atoms with van der Waals surface area (Å²) < 4.78 is 6.46. The molecule has 1 aliphatic rings. The lowest BCUT2D eigenvalue weighted by Gasteiger charge is -2.31. The Balaban J connectivity index is 1.32. The van der Waals surface area contributed by atoms with Crippen LogP contribution < -0.4 is 5.32 Å². The first-order chi connectivity index (χ1) is 16.9. The number of hydrogen-bond acceptors (Lipinski definition) is 7. The van der Waals surface area contributed by atoms with Crippen molar-refractivity contribution in [3.05, 3.63) is 63.0 Å². The number of esters is 1. The molecule has 3 heterocycles. The molecule has 9 nitrogen and oxygen atoms in total. The Bertz CT molecular complexity index is 1230. The van der Waals surface area contributed by atoms with Crippen molar-refractivity contribution in [1.82, 2.24) is 19.4 Å². The second-order valence-corrected chi connectivity index (χ2v) is 9.53. The van der Waals surface area contributed by atoms with Crippen LogP contribution >= 0.6 is 22.9 Å². The van der Waals surface area contributed by atoms with Crippen LogP contribution in [0.2, 0.25) is 5.02 Å². The first-order valence-electron chi connectivity index (χ1n) is 11.3. The molecule has 1 fully saturated rings. The lowest BCUT2D eigenvalue weighted by Crippen LogP contribution is -2.38. The van der Waals surface area contributed by atoms with Gasteiger partial charge in [0.15, 0.2) is 5.82 Å². The predicted octanol–water partition coefficient (Wildman–Crippen LogP) is 3.91. The fourth-order valence-corrected chi connectivity index (χ4v) is 5.14. The van der Waals surface area contributed by atoms with Crippen molar-refractivity contribution >= 4 is 46.5 Å². The molecule has 0 radical (unpaired) electrons. The van der Waals surface area contributed by atoms with E-state index in [0.29, 0.717) is 23.8 Å². The van der Waals surface area contributed by atoms with E-state index in [2.05, 4.69) is 15.3 Å². The molecule has 0 saturated carbocycles. The van der Waals surface area contributed by atoms with Gasteiger partial charge in [-0.3, -0.25) is 9.59 Å². The number of aromatic nitrogens is 3. The highest BCUT2D eigenvalue weighted by Gasteiger charge is 2.27. The van der Waals surface area contributed by atoms with Crippen molar-refractivity contribution in [2.75, 3.05) is 25.0 Å². The van der Waals surface area contributed by atoms with Crippen LogP contribution in [0.25, 0.3) is 0 Å². The highest BCUT2D eigenvalue weighted by atomic mass is 35.5. The number of anilines is 1. The zero-order chi connectivity index (χ0) is 24.9. The molecule has 0 aliphatic carbocycles. The number of ether oxygens (including phenoxy) is 1. The second kappa shape index (κ2) is 11.0. The average Bonchev–Trinajstić information content (AvgIpc) is 3.48. The summed E-state index contributed by atoms with van der Waals surface area (Å²) in [5.41, 5.74) is 1.13. The molecular formula is C24H26ClN5O4S. The Morgan fingerprint density at radius 1 is 1.20 bits per heavy atom. The van der Waals surface area contributed by atoms with E-state index in [0.717, 1.165) is 23.4 Å². The zero-order valence-electron chi connectivity index (χ0n) is 19.5. The minimum atomic E-state index is -0.553. The molecule has 0 spiro atoms. The molecule has 35 heavy (non-hydrogen) atoms. The van der Waals surface area contributed by atoms with Gasteiger partial charge < -0.3 is 19.5 Å². The fourth-order valence-electron chi connectivity index (χ4n) is 3.96. The first-order valence-corrected chi connectivity index (χ1v) is 12.6. The van der Waals surface area contributed by atoms with Gasteiger partial charge in [0.1, 0.15) is 5.69 Å². The van der Waals surface area contributed by atoms with Crippen molar-refractivity contribution in [3.63, 3.8) is 0 Å². The van der Waals surface area contributed by atoms with E-state index in [4.69, 9.17) is 16.3 Å². The molecule has 1 aliphatic heterocycles. The molecule has 1 saturated heterocycles. The first kappa shape index (κ1) is 24.9. The third-order valence-electron chi connectivity index (χ3n) is 5.83. The number of nitrogens with one attached hydrogen (secondary N) is 1. The number of likely N-dealkylation sites (tertiary alicyclic amines) is 1. The molecule has 3 aromatic rings. The van der Waals surface area contributed by atoms with Crippen LogP contribution in [-0.4, -0.2) is 56.9 Å². The van der Waals surface area contributed by atoms with Crippen molar-refractivity contribution in [1.29, 1.82) is 0 Å². The van der Waals surface area contributed by atoms with Crippen molar-refractivity contribution in [3.8, 4) is 0 Å². The van der Waals surface area contributed by atoms with Gasteiger partial charge in [0.05, 0.1) is 18.0 Å². The largest absolute Gasteiger partial charge is 0.460 e. The maximum absolute atomic E-state index is 12.7. The van der Waals surface area contributed by atoms with Gasteiger partial charge in [-0.05, 0) is 31.4 Å². The Labute approximate surface area is 212 Å². The highest BCUT2D eigenvalue weighted by Crippen LogP contribution is 2.31. The normalized spacial score (nSPS) is 14.1. The molecule has 184 valence electrons. The summed E-state index contributed by atoms with van der Waals surface area (Å²) >= 11 is 7.63. The van der Waals surface area contributed by atoms with Crippen LogP contribution in [0, 0.1) is 0 Å². The monoisotopic (exact) mass is 515 g/mol. The summed E-state index contributed by atoms with van der Waals surface area (Å²) in [5.74, 6) is -0.335. The van der Waals surface area contributed by atoms with Crippen molar-refractivity contribution < 1.29 is 19.1 Å². The summed E-state index contributed by atoms with van der Waals surface area (Å²) in [6, 6.07) is 7.39. The summed E-state index contributed by atoms with van der Waals surface area (Å²) in [6.07, 6.45) is 3.40. The van der Waals surface area contributed by atoms with Gasteiger partial charge in [-0.25, -0.2) is 14.8 Å². The third-order valence-corrected chi connectivity index (χ3v) is 7.20. The van der Waals surface area contributed by atoms with Gasteiger partial charge in [0.2, 0.25) is 11.7 Å². The van der Waals surface area contributed by atoms with Gasteiger partial charge in [0.25, 0.3) is 5.91 Å². The van der Waals surface area contributed by atoms with Crippen LogP contribution in [0.3, 0.4) is 0 Å². The highest BCUT2D eigenvalue weighted by molar-refractivity contribution is 7.10. The lowest BCUT2D eigenvalue weighted by molar-refractivity contribution is -0.131. The van der Waals surface area contributed by atoms with Gasteiger partial charge in [0, 0.05) is 42.7 Å². The van der Waals surface area contributed by atoms with Crippen LogP contribution in [0.5, 0.6) is 0 Å². The van der Waals surface area contributed by atoms with E-state index in [-0.39, 0.29) is 36.5 Å². The van der Waals surface area contributed by atoms with Crippen LogP contribution in [0.1, 0.15) is 57.4 Å². The summed E-state index contributed by atoms with van der Waals surface area (Å²) in [5, 5.41) is 5.88. The summed E-state index contributed by atoms with van der Waals surface area (Å²) in [7, 11) is 1.65. The van der Waals surface area contributed by atoms with Crippen LogP contribution in [-0.2, 0) is 23.0 Å². The number of amides is 2. The van der Waals surface area contributed by atoms with Crippen molar-refractivity contribution in [2.45, 2.75) is 32.1 Å². The lowest BCUT2D eigenvalue weighted by atomic mass is 9.97. The number of hydrogen-bond donors (Lipinski definition) is 1. The molecule has 2 amide bonds. The minimum absolute atomic E-state index is 0.0632. The van der Waals surface area contributed by atoms with Gasteiger partial charge in [-0.15, -0.1) is 11.3 Å². The molecular weight excluding hydrogens is 490 g/mol. The molecule has 2 aromatic heterocycles. The Morgan fingerprint density at radius 3 is 2.66 bits per heavy atom. The molecule has 0 bridgehead atoms. The Hall–Kier alpha value is -3.24. The van der Waals surface area contributed by atoms with E-state index in [9.17, 15) is 14.4 Å². The number of piperidine rings is 1. The fraction of sp³-hybridized carbons (Fsp3) is 0.375. The average molecular weight is 516 g/mol. The molecule has 0 unspecified atom stereocenters. The van der Waals surface area contributed by atoms with E-state index in [1.165, 1.54) is 15.9 Å². The van der Waals surface area contributed by atoms with E-state index in [1.807, 2.05) is 23.1 Å². The SMILES string of the molecule is CCOC(=O)c1nc(NC(=O)c2csc(C3CCN(C(=O)Cc4ccccc4Cl)CC3)n2)cn1C. The zero-order valence-corrected chi connectivity index (χ0v) is 21.1. The number of thiazole rings is 1. The van der Waals surface area contributed by atoms with Crippen molar-refractivity contribution in [2.24, 2.45) is 7.05 Å². The standard InChI is InChI=1S/C24H26ClN5O4S/c1-3-34-24(33)21-27-19(13-29(21)2)28-22(32)18-14-35-23(26-18)15-8-10-30(11-9-15)20(31)12-16-6-4-5-7-17(16)25/h4-7,13-15H,3,8-12H2,1-2H3,(H,28,32). The van der Waals surface area contributed by atoms with Gasteiger partial charge in [-0.1, -0.05) is 29.8 Å². The maximum Gasteiger partial charge on any atom is 0.374 e. The number of carbonyl (C=O) groups excluding carboxylic acids is 3. The minimum Gasteiger partial charge on any atom is -0.460 e. The third kappa shape index (κ3) is 5.88. The predicted molar refractivity (Wildman–Crippen MR) is 133 cm³/mol. The molecule has 4 rings (SSSR count). The Morgan fingerprint density at radius 2 is 1.94 bits per heavy atom. The summed E-state index contributed by atoms with van der Waals surface area (Å²) in [4.78, 5) is 47.8. The number of aryl methyl sites for hydroxylation is 1. The number of imidazole rings is 1. The molecule has 0 atom stereocenters. The topological polar surface area (TPSA) is 106 Å². The number of carbonyl (C=O) groups is 3. The molecule has 1 N–H and O–H groups in total. The second-order valence-electron chi connectivity index (χ2n) is 8.23. The molecule has 1 aromatic carbocycles. The smallest absolute Gasteiger partial charge is 0.374 e. The van der Waals surface area contributed by atoms with Crippen LogP contribution in [0.15, 0.2) is 35.8 Å². The quantitative estimate of drug-likeness (QED) is 0.478. The maximum atomic E-state index is 12.7.